The van der Waals surface area contributed by atoms with Gasteiger partial charge < -0.3 is 9.13 Å². The van der Waals surface area contributed by atoms with Gasteiger partial charge in [0.2, 0.25) is 0 Å². The zero-order valence-electron chi connectivity index (χ0n) is 35.0. The van der Waals surface area contributed by atoms with Crippen LogP contribution in [0.5, 0.6) is 0 Å². The second-order valence-corrected chi connectivity index (χ2v) is 13.9. The number of fused-ring (bicyclic) bond motifs is 6. The van der Waals surface area contributed by atoms with E-state index in [2.05, 4.69) is 130 Å². The average molecular weight is 720 g/mol. The highest BCUT2D eigenvalue weighted by Crippen LogP contribution is 2.38. The van der Waals surface area contributed by atoms with Gasteiger partial charge in [0.1, 0.15) is 0 Å². The van der Waals surface area contributed by atoms with E-state index in [0.29, 0.717) is 11.5 Å². The summed E-state index contributed by atoms with van der Waals surface area (Å²) in [4.78, 5) is 9.68. The van der Waals surface area contributed by atoms with Crippen LogP contribution in [0, 0.1) is 0 Å². The highest BCUT2D eigenvalue weighted by Gasteiger charge is 2.17. The van der Waals surface area contributed by atoms with E-state index in [1.807, 2.05) is 48.5 Å². The molecule has 0 aliphatic heterocycles. The molecule has 0 N–H and O–H groups in total. The third-order valence-electron chi connectivity index (χ3n) is 10.6. The summed E-state index contributed by atoms with van der Waals surface area (Å²) >= 11 is 0. The molecule has 262 valence electrons. The number of aromatic nitrogens is 4. The van der Waals surface area contributed by atoms with Crippen LogP contribution in [-0.4, -0.2) is 19.1 Å². The number of rotatable bonds is 6. The van der Waals surface area contributed by atoms with E-state index < -0.39 is 18.1 Å². The summed E-state index contributed by atoms with van der Waals surface area (Å²) < 4.78 is 46.7. The number of nitrogens with zero attached hydrogens (tertiary/aromatic N) is 4. The molecule has 11 rings (SSSR count). The highest BCUT2D eigenvalue weighted by molar-refractivity contribution is 6.12. The zero-order chi connectivity index (χ0) is 41.4. The first-order valence-electron chi connectivity index (χ1n) is 21.1. The SMILES string of the molecule is [2H]c1c([2H])c([2H])c(-c2cc(-c3ccc(-n4c5ccccc5c5cc(-c6ccc7c(c6)c6ccccc6n7-c6ccccc6)ccc54)cc3)nc(-c3ccccc3)n2)c([2H])c1[2H]. The molecule has 0 saturated carbocycles. The van der Waals surface area contributed by atoms with Gasteiger partial charge in [-0.2, -0.15) is 0 Å². The van der Waals surface area contributed by atoms with E-state index >= 15 is 0 Å². The predicted octanol–water partition coefficient (Wildman–Crippen LogP) is 13.3. The quantitative estimate of drug-likeness (QED) is 0.171. The van der Waals surface area contributed by atoms with Gasteiger partial charge in [-0.05, 0) is 77.9 Å². The van der Waals surface area contributed by atoms with Crippen LogP contribution in [0.15, 0.2) is 206 Å². The van der Waals surface area contributed by atoms with Crippen LogP contribution in [0.25, 0.3) is 100 Å². The molecule has 4 heteroatoms. The Morgan fingerprint density at radius 3 is 1.39 bits per heavy atom. The Hall–Kier alpha value is -7.56. The summed E-state index contributed by atoms with van der Waals surface area (Å²) in [5.41, 5.74) is 11.3. The van der Waals surface area contributed by atoms with Crippen molar-refractivity contribution in [1.29, 1.82) is 0 Å². The minimum atomic E-state index is -0.446. The van der Waals surface area contributed by atoms with Crippen LogP contribution >= 0.6 is 0 Å². The predicted molar refractivity (Wildman–Crippen MR) is 232 cm³/mol. The molecule has 56 heavy (non-hydrogen) atoms. The average Bonchev–Trinajstić information content (AvgIpc) is 3.83. The van der Waals surface area contributed by atoms with Crippen molar-refractivity contribution in [2.75, 3.05) is 0 Å². The molecule has 0 unspecified atom stereocenters. The summed E-state index contributed by atoms with van der Waals surface area (Å²) in [5.74, 6) is 0.392. The Bertz CT molecular complexity index is 3490. The third-order valence-corrected chi connectivity index (χ3v) is 10.6. The molecular weight excluding hydrogens is 681 g/mol. The molecule has 4 nitrogen and oxygen atoms in total. The van der Waals surface area contributed by atoms with Crippen LogP contribution < -0.4 is 0 Å². The molecule has 0 aliphatic carbocycles. The lowest BCUT2D eigenvalue weighted by molar-refractivity contribution is 1.17. The monoisotopic (exact) mass is 719 g/mol. The minimum Gasteiger partial charge on any atom is -0.309 e. The van der Waals surface area contributed by atoms with Crippen molar-refractivity contribution in [1.82, 2.24) is 19.1 Å². The van der Waals surface area contributed by atoms with Crippen LogP contribution in [0.2, 0.25) is 0 Å². The van der Waals surface area contributed by atoms with Crippen molar-refractivity contribution < 1.29 is 6.85 Å². The van der Waals surface area contributed by atoms with Gasteiger partial charge in [-0.1, -0.05) is 139 Å². The number of hydrogen-bond donors (Lipinski definition) is 0. The number of hydrogen-bond acceptors (Lipinski definition) is 2. The van der Waals surface area contributed by atoms with Crippen LogP contribution in [0.1, 0.15) is 6.85 Å². The van der Waals surface area contributed by atoms with Gasteiger partial charge >= 0.3 is 0 Å². The summed E-state index contributed by atoms with van der Waals surface area (Å²) in [5, 5.41) is 4.72. The molecule has 0 saturated heterocycles. The standard InChI is InChI=1S/C52H34N4/c1-4-14-35(15-5-1)46-34-47(54-52(53-46)37-16-6-2-7-17-37)36-24-28-41(29-25-36)56-49-23-13-11-21-43(49)45-33-39(27-31-51(45)56)38-26-30-50-44(32-38)42-20-10-12-22-48(42)55(50)40-18-8-3-9-19-40/h1-34H/i1D,4D,5D,14D,15D. The second-order valence-electron chi connectivity index (χ2n) is 13.9. The highest BCUT2D eigenvalue weighted by atomic mass is 15.0. The minimum absolute atomic E-state index is 0.0342. The van der Waals surface area contributed by atoms with Crippen molar-refractivity contribution in [3.05, 3.63) is 206 Å². The summed E-state index contributed by atoms with van der Waals surface area (Å²) in [6.45, 7) is 0. The van der Waals surface area contributed by atoms with Crippen LogP contribution in [-0.2, 0) is 0 Å². The molecule has 3 heterocycles. The van der Waals surface area contributed by atoms with Crippen molar-refractivity contribution in [3.63, 3.8) is 0 Å². The van der Waals surface area contributed by atoms with Crippen molar-refractivity contribution in [2.24, 2.45) is 0 Å². The van der Waals surface area contributed by atoms with E-state index in [9.17, 15) is 0 Å². The maximum Gasteiger partial charge on any atom is 0.160 e. The Labute approximate surface area is 331 Å². The second kappa shape index (κ2) is 13.1. The zero-order valence-corrected chi connectivity index (χ0v) is 30.0. The van der Waals surface area contributed by atoms with E-state index in [-0.39, 0.29) is 23.3 Å². The Kier molecular flexibility index (Phi) is 6.33. The maximum absolute atomic E-state index is 8.68. The number of para-hydroxylation sites is 3. The fraction of sp³-hybridized carbons (Fsp3) is 0. The fourth-order valence-corrected chi connectivity index (χ4v) is 8.04. The van der Waals surface area contributed by atoms with Crippen LogP contribution in [0.4, 0.5) is 0 Å². The van der Waals surface area contributed by atoms with E-state index in [1.54, 1.807) is 6.07 Å². The topological polar surface area (TPSA) is 35.6 Å². The van der Waals surface area contributed by atoms with Gasteiger partial charge in [0.05, 0.1) is 40.3 Å². The molecule has 8 aromatic carbocycles. The lowest BCUT2D eigenvalue weighted by Gasteiger charge is -2.12. The smallest absolute Gasteiger partial charge is 0.160 e. The molecule has 11 aromatic rings. The Morgan fingerprint density at radius 2 is 0.804 bits per heavy atom. The lowest BCUT2D eigenvalue weighted by Crippen LogP contribution is -1.97. The molecule has 0 atom stereocenters. The Balaban J connectivity index is 1.02. The van der Waals surface area contributed by atoms with Crippen molar-refractivity contribution in [2.45, 2.75) is 0 Å². The lowest BCUT2D eigenvalue weighted by atomic mass is 10.0. The molecule has 0 bridgehead atoms. The van der Waals surface area contributed by atoms with Gasteiger partial charge in [-0.3, -0.25) is 0 Å². The van der Waals surface area contributed by atoms with Crippen molar-refractivity contribution in [3.8, 4) is 56.4 Å². The summed E-state index contributed by atoms with van der Waals surface area (Å²) in [6, 6.07) is 58.5. The van der Waals surface area contributed by atoms with Gasteiger partial charge in [-0.15, -0.1) is 0 Å². The fourth-order valence-electron chi connectivity index (χ4n) is 8.04. The van der Waals surface area contributed by atoms with Gasteiger partial charge in [0.25, 0.3) is 0 Å². The van der Waals surface area contributed by atoms with Gasteiger partial charge in [0, 0.05) is 49.6 Å². The van der Waals surface area contributed by atoms with E-state index in [4.69, 9.17) is 16.8 Å². The third kappa shape index (κ3) is 5.31. The van der Waals surface area contributed by atoms with Gasteiger partial charge in [0.15, 0.2) is 5.82 Å². The summed E-state index contributed by atoms with van der Waals surface area (Å²) in [6.07, 6.45) is 0. The first-order valence-corrected chi connectivity index (χ1v) is 18.6. The molecular formula is C52H34N4. The largest absolute Gasteiger partial charge is 0.309 e. The molecule has 3 aromatic heterocycles. The summed E-state index contributed by atoms with van der Waals surface area (Å²) in [7, 11) is 0. The molecule has 0 amide bonds. The van der Waals surface area contributed by atoms with E-state index in [0.717, 1.165) is 55.4 Å². The molecule has 0 fully saturated rings. The molecule has 0 radical (unpaired) electrons. The molecule has 0 aliphatic rings. The van der Waals surface area contributed by atoms with E-state index in [1.165, 1.54) is 21.8 Å². The van der Waals surface area contributed by atoms with Gasteiger partial charge in [-0.25, -0.2) is 9.97 Å². The first kappa shape index (κ1) is 27.1. The Morgan fingerprint density at radius 1 is 0.339 bits per heavy atom. The number of benzene rings is 8. The maximum atomic E-state index is 8.68. The normalized spacial score (nSPS) is 12.8. The molecule has 0 spiro atoms. The van der Waals surface area contributed by atoms with Crippen LogP contribution in [0.3, 0.4) is 0 Å². The van der Waals surface area contributed by atoms with Crippen molar-refractivity contribution >= 4 is 43.6 Å². The first-order chi connectivity index (χ1) is 29.8.